The molecule has 0 amide bonds. The van der Waals surface area contributed by atoms with Gasteiger partial charge in [-0.2, -0.15) is 4.99 Å². The predicted molar refractivity (Wildman–Crippen MR) is 52.5 cm³/mol. The van der Waals surface area contributed by atoms with E-state index in [1.54, 1.807) is 5.16 Å². The van der Waals surface area contributed by atoms with Crippen molar-refractivity contribution in [3.05, 3.63) is 24.3 Å². The Morgan fingerprint density at radius 1 is 1.13 bits per heavy atom. The first-order valence-corrected chi connectivity index (χ1v) is 5.81. The molecule has 1 aromatic carbocycles. The van der Waals surface area contributed by atoms with Crippen LogP contribution in [0.4, 0.5) is 25.1 Å². The second-order valence-electron chi connectivity index (χ2n) is 2.67. The second-order valence-corrected chi connectivity index (χ2v) is 5.26. The number of hydrogen-bond acceptors (Lipinski definition) is 2. The molecule has 15 heavy (non-hydrogen) atoms. The number of benzene rings is 1. The summed E-state index contributed by atoms with van der Waals surface area (Å²) in [6.07, 6.45) is 0. The average Bonchev–Trinajstić information content (AvgIpc) is 2.01. The van der Waals surface area contributed by atoms with Gasteiger partial charge in [0, 0.05) is 0 Å². The van der Waals surface area contributed by atoms with Crippen molar-refractivity contribution in [1.29, 1.82) is 0 Å². The van der Waals surface area contributed by atoms with Crippen LogP contribution in [-0.2, 0) is 0 Å². The van der Waals surface area contributed by atoms with Crippen LogP contribution in [0.1, 0.15) is 0 Å². The Morgan fingerprint density at radius 2 is 1.73 bits per heavy atom. The Hall–Kier alpha value is -0.980. The zero-order valence-corrected chi connectivity index (χ0v) is 8.60. The minimum atomic E-state index is -9.62. The lowest BCUT2D eigenvalue weighted by Gasteiger charge is -2.40. The normalized spacial score (nSPS) is 16.1. The van der Waals surface area contributed by atoms with Gasteiger partial charge in [0.05, 0.1) is 10.8 Å². The Morgan fingerprint density at radius 3 is 2.20 bits per heavy atom. The molecule has 84 valence electrons. The summed E-state index contributed by atoms with van der Waals surface area (Å²) in [5.74, 6) is 0. The molecule has 0 unspecified atom stereocenters. The molecule has 0 spiro atoms. The van der Waals surface area contributed by atoms with Gasteiger partial charge in [0.15, 0.2) is 0 Å². The van der Waals surface area contributed by atoms with Crippen molar-refractivity contribution in [1.82, 2.24) is 0 Å². The molecule has 0 aliphatic heterocycles. The van der Waals surface area contributed by atoms with Crippen molar-refractivity contribution in [3.63, 3.8) is 0 Å². The number of nitrogens with zero attached hydrogens (tertiary/aromatic N) is 1. The number of thiocarbonyl (C=S) groups is 1. The summed E-state index contributed by atoms with van der Waals surface area (Å²) in [4.78, 5) is 1.21. The van der Waals surface area contributed by atoms with Crippen LogP contribution in [0, 0.1) is 0 Å². The summed E-state index contributed by atoms with van der Waals surface area (Å²) in [6.45, 7) is 0. The predicted octanol–water partition coefficient (Wildman–Crippen LogP) is 5.08. The van der Waals surface area contributed by atoms with Crippen LogP contribution in [0.25, 0.3) is 0 Å². The van der Waals surface area contributed by atoms with E-state index in [1.165, 1.54) is 0 Å². The smallest absolute Gasteiger partial charge is 0.195 e. The molecule has 0 aromatic heterocycles. The molecule has 0 radical (unpaired) electrons. The summed E-state index contributed by atoms with van der Waals surface area (Å²) in [6, 6.07) is 2.48. The van der Waals surface area contributed by atoms with E-state index in [1.807, 2.05) is 0 Å². The zero-order chi connectivity index (χ0) is 11.8. The number of halogens is 5. The average molecular weight is 261 g/mol. The van der Waals surface area contributed by atoms with Gasteiger partial charge in [-0.25, -0.2) is 0 Å². The van der Waals surface area contributed by atoms with Gasteiger partial charge in [-0.3, -0.25) is 0 Å². The monoisotopic (exact) mass is 261 g/mol. The fraction of sp³-hybridized carbons (Fsp3) is 0. The largest absolute Gasteiger partial charge is 0.310 e. The zero-order valence-electron chi connectivity index (χ0n) is 6.96. The third-order valence-corrected chi connectivity index (χ3v) is 2.67. The topological polar surface area (TPSA) is 12.4 Å². The molecular weight excluding hydrogens is 257 g/mol. The summed E-state index contributed by atoms with van der Waals surface area (Å²) < 4.78 is 61.4. The van der Waals surface area contributed by atoms with Crippen LogP contribution in [0.5, 0.6) is 0 Å². The molecule has 1 aromatic rings. The van der Waals surface area contributed by atoms with E-state index < -0.39 is 15.1 Å². The number of isothiocyanates is 1. The quantitative estimate of drug-likeness (QED) is 0.411. The molecule has 8 heteroatoms. The lowest BCUT2D eigenvalue weighted by molar-refractivity contribution is 0.364. The Bertz CT molecular complexity index is 445. The summed E-state index contributed by atoms with van der Waals surface area (Å²) in [5.41, 5.74) is -0.309. The van der Waals surface area contributed by atoms with Crippen molar-refractivity contribution < 1.29 is 19.4 Å². The SMILES string of the molecule is FS(F)(F)(F)(F)c1cccc(N=C=S)c1. The molecule has 0 aliphatic rings. The molecule has 1 nitrogen and oxygen atoms in total. The first-order chi connectivity index (χ1) is 6.53. The molecule has 0 aliphatic carbocycles. The molecule has 0 N–H and O–H groups in total. The van der Waals surface area contributed by atoms with Gasteiger partial charge >= 0.3 is 10.2 Å². The van der Waals surface area contributed by atoms with E-state index in [4.69, 9.17) is 0 Å². The lowest BCUT2D eigenvalue weighted by atomic mass is 10.3. The van der Waals surface area contributed by atoms with E-state index in [0.29, 0.717) is 6.07 Å². The molecule has 0 saturated carbocycles. The van der Waals surface area contributed by atoms with E-state index in [0.717, 1.165) is 12.1 Å². The number of rotatable bonds is 2. The molecule has 0 atom stereocenters. The highest BCUT2D eigenvalue weighted by molar-refractivity contribution is 8.45. The van der Waals surface area contributed by atoms with Gasteiger partial charge in [0.25, 0.3) is 0 Å². The molecule has 1 rings (SSSR count). The fourth-order valence-electron chi connectivity index (χ4n) is 0.846. The first-order valence-electron chi connectivity index (χ1n) is 3.45. The molecule has 0 heterocycles. The highest BCUT2D eigenvalue weighted by atomic mass is 32.5. The molecule has 0 saturated heterocycles. The van der Waals surface area contributed by atoms with Gasteiger partial charge in [0.2, 0.25) is 0 Å². The first kappa shape index (κ1) is 12.1. The van der Waals surface area contributed by atoms with Gasteiger partial charge < -0.3 is 0 Å². The van der Waals surface area contributed by atoms with E-state index >= 15 is 0 Å². The van der Waals surface area contributed by atoms with Crippen LogP contribution in [0.2, 0.25) is 0 Å². The minimum absolute atomic E-state index is 0.237. The van der Waals surface area contributed by atoms with Crippen LogP contribution < -0.4 is 0 Å². The lowest BCUT2D eigenvalue weighted by Crippen LogP contribution is -2.05. The van der Waals surface area contributed by atoms with Gasteiger partial charge in [-0.1, -0.05) is 25.5 Å². The maximum atomic E-state index is 12.3. The van der Waals surface area contributed by atoms with Gasteiger partial charge in [-0.15, -0.1) is 0 Å². The van der Waals surface area contributed by atoms with E-state index in [2.05, 4.69) is 17.2 Å². The Labute approximate surface area is 87.4 Å². The van der Waals surface area contributed by atoms with Gasteiger partial charge in [0.1, 0.15) is 4.90 Å². The summed E-state index contributed by atoms with van der Waals surface area (Å²) >= 11 is 4.15. The highest BCUT2D eigenvalue weighted by Crippen LogP contribution is 3.02. The summed E-state index contributed by atoms with van der Waals surface area (Å²) in [7, 11) is -9.62. The Kier molecular flexibility index (Phi) is 2.24. The fourth-order valence-corrected chi connectivity index (χ4v) is 1.63. The van der Waals surface area contributed by atoms with Crippen LogP contribution >= 0.6 is 22.4 Å². The second kappa shape index (κ2) is 2.78. The highest BCUT2D eigenvalue weighted by Gasteiger charge is 2.65. The van der Waals surface area contributed by atoms with Crippen LogP contribution in [-0.4, -0.2) is 5.16 Å². The van der Waals surface area contributed by atoms with Crippen molar-refractivity contribution in [2.24, 2.45) is 4.99 Å². The van der Waals surface area contributed by atoms with Crippen LogP contribution in [0.3, 0.4) is 0 Å². The van der Waals surface area contributed by atoms with E-state index in [-0.39, 0.29) is 11.8 Å². The maximum absolute atomic E-state index is 12.3. The molecule has 0 fully saturated rings. The van der Waals surface area contributed by atoms with E-state index in [9.17, 15) is 19.4 Å². The van der Waals surface area contributed by atoms with Crippen molar-refractivity contribution in [2.75, 3.05) is 0 Å². The van der Waals surface area contributed by atoms with Crippen molar-refractivity contribution >= 4 is 33.3 Å². The maximum Gasteiger partial charge on any atom is 0.310 e. The third-order valence-electron chi connectivity index (χ3n) is 1.44. The van der Waals surface area contributed by atoms with Crippen LogP contribution in [0.15, 0.2) is 34.2 Å². The number of aliphatic imine (C=N–C) groups is 1. The minimum Gasteiger partial charge on any atom is -0.195 e. The molecular formula is C7H4F5NS2. The third kappa shape index (κ3) is 3.26. The number of hydrogen-bond donors (Lipinski definition) is 0. The standard InChI is InChI=1S/C7H4F5NS2/c8-15(9,10,11,12)7-3-1-2-6(4-7)13-5-14/h1-4H. The van der Waals surface area contributed by atoms with Crippen molar-refractivity contribution in [3.8, 4) is 0 Å². The molecule has 0 bridgehead atoms. The Balaban J connectivity index is 3.42. The summed E-state index contributed by atoms with van der Waals surface area (Å²) in [5, 5.41) is 1.80. The van der Waals surface area contributed by atoms with Gasteiger partial charge in [-0.05, 0) is 30.4 Å². The van der Waals surface area contributed by atoms with Crippen molar-refractivity contribution in [2.45, 2.75) is 4.90 Å².